The highest BCUT2D eigenvalue weighted by molar-refractivity contribution is 7.81. The third-order valence-electron chi connectivity index (χ3n) is 3.90. The maximum Gasteiger partial charge on any atom is 0.114 e. The number of nitrogens with zero attached hydrogens (tertiary/aromatic N) is 1. The molecule has 0 radical (unpaired) electrons. The lowest BCUT2D eigenvalue weighted by Gasteiger charge is -2.20. The monoisotopic (exact) mass is 309 g/mol. The molecule has 0 saturated heterocycles. The van der Waals surface area contributed by atoms with Crippen molar-refractivity contribution in [2.24, 2.45) is 0 Å². The van der Waals surface area contributed by atoms with Crippen LogP contribution in [0.25, 0.3) is 10.8 Å². The van der Waals surface area contributed by atoms with E-state index in [-0.39, 0.29) is 0 Å². The molecule has 0 fully saturated rings. The SMILES string of the molecule is S=C1c2cccc3cccc(c23)N1Cc1ccc(Cl)cc1. The Morgan fingerprint density at radius 2 is 1.62 bits per heavy atom. The zero-order chi connectivity index (χ0) is 14.4. The van der Waals surface area contributed by atoms with Gasteiger partial charge in [-0.3, -0.25) is 0 Å². The summed E-state index contributed by atoms with van der Waals surface area (Å²) in [5, 5.41) is 3.26. The number of thiocarbonyl (C=S) groups is 1. The van der Waals surface area contributed by atoms with Crippen LogP contribution < -0.4 is 4.90 Å². The maximum absolute atomic E-state index is 5.96. The second-order valence-corrected chi connectivity index (χ2v) is 6.02. The number of anilines is 1. The van der Waals surface area contributed by atoms with Crippen molar-refractivity contribution in [1.29, 1.82) is 0 Å². The average molecular weight is 310 g/mol. The third-order valence-corrected chi connectivity index (χ3v) is 4.60. The molecule has 21 heavy (non-hydrogen) atoms. The number of benzene rings is 3. The first-order valence-electron chi connectivity index (χ1n) is 6.82. The van der Waals surface area contributed by atoms with Gasteiger partial charge in [0.25, 0.3) is 0 Å². The van der Waals surface area contributed by atoms with Crippen LogP contribution >= 0.6 is 23.8 Å². The van der Waals surface area contributed by atoms with Gasteiger partial charge in [0, 0.05) is 22.5 Å². The lowest BCUT2D eigenvalue weighted by Crippen LogP contribution is -2.25. The van der Waals surface area contributed by atoms with Gasteiger partial charge in [-0.1, -0.05) is 66.3 Å². The molecule has 4 rings (SSSR count). The van der Waals surface area contributed by atoms with E-state index in [0.29, 0.717) is 0 Å². The van der Waals surface area contributed by atoms with Crippen molar-refractivity contribution in [3.8, 4) is 0 Å². The molecular formula is C18H12ClNS. The summed E-state index contributed by atoms with van der Waals surface area (Å²) < 4.78 is 0. The van der Waals surface area contributed by atoms with Crippen LogP contribution in [0.5, 0.6) is 0 Å². The van der Waals surface area contributed by atoms with Gasteiger partial charge in [-0.25, -0.2) is 0 Å². The lowest BCUT2D eigenvalue weighted by atomic mass is 10.1. The first-order chi connectivity index (χ1) is 10.2. The third kappa shape index (κ3) is 2.03. The Balaban J connectivity index is 1.80. The van der Waals surface area contributed by atoms with Crippen molar-refractivity contribution in [3.05, 3.63) is 76.8 Å². The molecule has 1 heterocycles. The smallest absolute Gasteiger partial charge is 0.114 e. The molecule has 0 aromatic heterocycles. The predicted octanol–water partition coefficient (Wildman–Crippen LogP) is 5.19. The van der Waals surface area contributed by atoms with Crippen molar-refractivity contribution in [2.75, 3.05) is 4.90 Å². The molecule has 3 aromatic carbocycles. The fraction of sp³-hybridized carbons (Fsp3) is 0.0556. The molecule has 3 aromatic rings. The normalized spacial score (nSPS) is 13.2. The summed E-state index contributed by atoms with van der Waals surface area (Å²) in [5.74, 6) is 0. The molecule has 1 aliphatic rings. The standard InChI is InChI=1S/C18H12ClNS/c19-14-9-7-12(8-10-14)11-20-16-6-2-4-13-3-1-5-15(17(13)16)18(20)21/h1-10H,11H2. The van der Waals surface area contributed by atoms with Gasteiger partial charge in [-0.15, -0.1) is 0 Å². The van der Waals surface area contributed by atoms with Crippen LogP contribution in [0.3, 0.4) is 0 Å². The molecule has 1 aliphatic heterocycles. The minimum absolute atomic E-state index is 0.758. The largest absolute Gasteiger partial charge is 0.327 e. The van der Waals surface area contributed by atoms with Crippen molar-refractivity contribution in [1.82, 2.24) is 0 Å². The zero-order valence-corrected chi connectivity index (χ0v) is 12.8. The van der Waals surface area contributed by atoms with Gasteiger partial charge in [-0.05, 0) is 29.1 Å². The van der Waals surface area contributed by atoms with Gasteiger partial charge in [0.1, 0.15) is 4.99 Å². The Bertz CT molecular complexity index is 849. The molecular weight excluding hydrogens is 298 g/mol. The Kier molecular flexibility index (Phi) is 2.95. The van der Waals surface area contributed by atoms with Crippen LogP contribution in [0.4, 0.5) is 5.69 Å². The molecule has 0 spiro atoms. The first kappa shape index (κ1) is 12.8. The minimum Gasteiger partial charge on any atom is -0.327 e. The van der Waals surface area contributed by atoms with Gasteiger partial charge in [-0.2, -0.15) is 0 Å². The van der Waals surface area contributed by atoms with E-state index in [1.54, 1.807) is 0 Å². The number of hydrogen-bond acceptors (Lipinski definition) is 1. The van der Waals surface area contributed by atoms with Crippen LogP contribution in [0.1, 0.15) is 11.1 Å². The van der Waals surface area contributed by atoms with E-state index in [9.17, 15) is 0 Å². The minimum atomic E-state index is 0.758. The van der Waals surface area contributed by atoms with E-state index in [1.165, 1.54) is 22.0 Å². The van der Waals surface area contributed by atoms with Crippen LogP contribution in [-0.4, -0.2) is 4.99 Å². The van der Waals surface area contributed by atoms with E-state index < -0.39 is 0 Å². The van der Waals surface area contributed by atoms with Gasteiger partial charge < -0.3 is 4.90 Å². The molecule has 102 valence electrons. The quantitative estimate of drug-likeness (QED) is 0.599. The summed E-state index contributed by atoms with van der Waals surface area (Å²) in [7, 11) is 0. The molecule has 0 unspecified atom stereocenters. The zero-order valence-electron chi connectivity index (χ0n) is 11.2. The highest BCUT2D eigenvalue weighted by atomic mass is 35.5. The van der Waals surface area contributed by atoms with E-state index >= 15 is 0 Å². The summed E-state index contributed by atoms with van der Waals surface area (Å²) in [6, 6.07) is 20.6. The Morgan fingerprint density at radius 1 is 0.905 bits per heavy atom. The topological polar surface area (TPSA) is 3.24 Å². The fourth-order valence-corrected chi connectivity index (χ4v) is 3.37. The summed E-state index contributed by atoms with van der Waals surface area (Å²) in [4.78, 5) is 3.10. The second kappa shape index (κ2) is 4.83. The number of halogens is 1. The highest BCUT2D eigenvalue weighted by Gasteiger charge is 2.26. The predicted molar refractivity (Wildman–Crippen MR) is 93.3 cm³/mol. The summed E-state index contributed by atoms with van der Waals surface area (Å²) in [6.45, 7) is 0.768. The van der Waals surface area contributed by atoms with Crippen LogP contribution in [-0.2, 0) is 6.54 Å². The fourth-order valence-electron chi connectivity index (χ4n) is 2.91. The average Bonchev–Trinajstić information content (AvgIpc) is 2.78. The van der Waals surface area contributed by atoms with Gasteiger partial charge in [0.15, 0.2) is 0 Å². The van der Waals surface area contributed by atoms with Gasteiger partial charge in [0.2, 0.25) is 0 Å². The second-order valence-electron chi connectivity index (χ2n) is 5.20. The van der Waals surface area contributed by atoms with Gasteiger partial charge in [0.05, 0.1) is 5.69 Å². The van der Waals surface area contributed by atoms with Crippen molar-refractivity contribution in [2.45, 2.75) is 6.54 Å². The summed E-state index contributed by atoms with van der Waals surface area (Å²) in [6.07, 6.45) is 0. The molecule has 0 amide bonds. The molecule has 1 nitrogen and oxygen atoms in total. The van der Waals surface area contributed by atoms with Gasteiger partial charge >= 0.3 is 0 Å². The molecule has 0 bridgehead atoms. The van der Waals surface area contributed by atoms with E-state index in [2.05, 4.69) is 41.3 Å². The maximum atomic E-state index is 5.96. The van der Waals surface area contributed by atoms with Crippen LogP contribution in [0.15, 0.2) is 60.7 Å². The van der Waals surface area contributed by atoms with E-state index in [1.807, 2.05) is 24.3 Å². The molecule has 0 N–H and O–H groups in total. The molecule has 0 atom stereocenters. The summed E-state index contributed by atoms with van der Waals surface area (Å²) in [5.41, 5.74) is 3.56. The number of hydrogen-bond donors (Lipinski definition) is 0. The molecule has 3 heteroatoms. The van der Waals surface area contributed by atoms with Crippen LogP contribution in [0.2, 0.25) is 5.02 Å². The Labute approximate surface area is 133 Å². The Morgan fingerprint density at radius 3 is 2.38 bits per heavy atom. The van der Waals surface area contributed by atoms with Crippen molar-refractivity contribution < 1.29 is 0 Å². The summed E-state index contributed by atoms with van der Waals surface area (Å²) >= 11 is 11.6. The van der Waals surface area contributed by atoms with Crippen molar-refractivity contribution >= 4 is 45.3 Å². The molecule has 0 saturated carbocycles. The van der Waals surface area contributed by atoms with Crippen LogP contribution in [0, 0.1) is 0 Å². The first-order valence-corrected chi connectivity index (χ1v) is 7.61. The van der Waals surface area contributed by atoms with E-state index in [0.717, 1.165) is 22.1 Å². The van der Waals surface area contributed by atoms with Crippen molar-refractivity contribution in [3.63, 3.8) is 0 Å². The number of rotatable bonds is 2. The lowest BCUT2D eigenvalue weighted by molar-refractivity contribution is 1.03. The highest BCUT2D eigenvalue weighted by Crippen LogP contribution is 2.38. The Hall–Kier alpha value is -1.90. The molecule has 0 aliphatic carbocycles. The van der Waals surface area contributed by atoms with E-state index in [4.69, 9.17) is 23.8 Å².